The Hall–Kier alpha value is -0.130. The van der Waals surface area contributed by atoms with Crippen molar-refractivity contribution in [2.24, 2.45) is 5.92 Å². The maximum atomic E-state index is 5.67. The SMILES string of the molecule is C=CCCOC1CCN(C)CC1.CCC.CCC.COC.ClCCCC1CCNCC1. The number of rotatable bonds is 7. The second-order valence-electron chi connectivity index (χ2n) is 8.30. The Morgan fingerprint density at radius 1 is 1.00 bits per heavy atom. The predicted octanol–water partition coefficient (Wildman–Crippen LogP) is 6.77. The van der Waals surface area contributed by atoms with Gasteiger partial charge in [0.05, 0.1) is 12.7 Å². The fourth-order valence-electron chi connectivity index (χ4n) is 3.01. The van der Waals surface area contributed by atoms with Crippen LogP contribution >= 0.6 is 11.6 Å². The zero-order chi connectivity index (χ0) is 24.2. The largest absolute Gasteiger partial charge is 0.388 e. The summed E-state index contributed by atoms with van der Waals surface area (Å²) in [6.45, 7) is 17.8. The summed E-state index contributed by atoms with van der Waals surface area (Å²) in [5, 5.41) is 3.36. The zero-order valence-corrected chi connectivity index (χ0v) is 22.9. The monoisotopic (exact) mass is 464 g/mol. The number of piperidine rings is 2. The first-order valence-corrected chi connectivity index (χ1v) is 13.1. The molecule has 1 N–H and O–H groups in total. The minimum Gasteiger partial charge on any atom is -0.388 e. The average molecular weight is 465 g/mol. The smallest absolute Gasteiger partial charge is 0.0599 e. The van der Waals surface area contributed by atoms with Crippen molar-refractivity contribution in [2.45, 2.75) is 91.6 Å². The second kappa shape index (κ2) is 32.1. The van der Waals surface area contributed by atoms with Crippen LogP contribution in [0.3, 0.4) is 0 Å². The zero-order valence-electron chi connectivity index (χ0n) is 22.2. The molecule has 0 atom stereocenters. The van der Waals surface area contributed by atoms with Crippen molar-refractivity contribution in [1.29, 1.82) is 0 Å². The maximum Gasteiger partial charge on any atom is 0.0599 e. The van der Waals surface area contributed by atoms with Gasteiger partial charge in [0.15, 0.2) is 0 Å². The number of halogens is 1. The molecule has 0 amide bonds. The molecule has 2 aliphatic heterocycles. The van der Waals surface area contributed by atoms with Crippen LogP contribution < -0.4 is 5.32 Å². The van der Waals surface area contributed by atoms with Crippen LogP contribution in [-0.4, -0.2) is 70.9 Å². The van der Waals surface area contributed by atoms with Gasteiger partial charge in [0.1, 0.15) is 0 Å². The quantitative estimate of drug-likeness (QED) is 0.256. The number of ether oxygens (including phenoxy) is 2. The van der Waals surface area contributed by atoms with Gasteiger partial charge in [-0.15, -0.1) is 18.2 Å². The lowest BCUT2D eigenvalue weighted by molar-refractivity contribution is 0.0149. The molecule has 4 nitrogen and oxygen atoms in total. The Morgan fingerprint density at radius 2 is 1.48 bits per heavy atom. The van der Waals surface area contributed by atoms with E-state index in [2.05, 4.69) is 56.3 Å². The van der Waals surface area contributed by atoms with Gasteiger partial charge in [0, 0.05) is 33.2 Å². The number of hydrogen-bond donors (Lipinski definition) is 1. The van der Waals surface area contributed by atoms with Gasteiger partial charge < -0.3 is 19.7 Å². The maximum absolute atomic E-state index is 5.67. The number of likely N-dealkylation sites (tertiary alicyclic amines) is 1. The summed E-state index contributed by atoms with van der Waals surface area (Å²) >= 11 is 5.61. The molecule has 0 spiro atoms. The van der Waals surface area contributed by atoms with Crippen LogP contribution in [-0.2, 0) is 9.47 Å². The standard InChI is InChI=1S/C10H19NO.C8H16ClN.2C3H8.C2H6O/c1-3-4-9-12-10-5-7-11(2)8-6-10;9-5-1-2-8-3-6-10-7-4-8;3*1-3-2/h3,10H,1,4-9H2,2H3;8,10H,1-7H2;2*3H2,1-2H3;1-2H3. The van der Waals surface area contributed by atoms with Gasteiger partial charge in [-0.05, 0) is 71.0 Å². The third kappa shape index (κ3) is 32.1. The molecule has 0 radical (unpaired) electrons. The van der Waals surface area contributed by atoms with Gasteiger partial charge >= 0.3 is 0 Å². The number of hydrogen-bond acceptors (Lipinski definition) is 4. The molecule has 190 valence electrons. The van der Waals surface area contributed by atoms with Crippen molar-refractivity contribution < 1.29 is 9.47 Å². The molecule has 0 aromatic carbocycles. The van der Waals surface area contributed by atoms with E-state index >= 15 is 0 Å². The highest BCUT2D eigenvalue weighted by Gasteiger charge is 2.16. The lowest BCUT2D eigenvalue weighted by atomic mass is 9.94. The molecule has 0 aromatic heterocycles. The molecule has 0 aliphatic carbocycles. The van der Waals surface area contributed by atoms with Crippen LogP contribution in [0.1, 0.15) is 85.5 Å². The Balaban J connectivity index is -0.000000370. The van der Waals surface area contributed by atoms with Gasteiger partial charge in [-0.3, -0.25) is 0 Å². The number of nitrogens with zero attached hydrogens (tertiary/aromatic N) is 1. The minimum atomic E-state index is 0.501. The summed E-state index contributed by atoms with van der Waals surface area (Å²) in [5.74, 6) is 1.80. The first-order valence-electron chi connectivity index (χ1n) is 12.6. The summed E-state index contributed by atoms with van der Waals surface area (Å²) in [4.78, 5) is 2.35. The molecular formula is C26H57ClN2O2. The highest BCUT2D eigenvalue weighted by molar-refractivity contribution is 6.17. The van der Waals surface area contributed by atoms with E-state index in [-0.39, 0.29) is 0 Å². The van der Waals surface area contributed by atoms with Crippen LogP contribution in [0.5, 0.6) is 0 Å². The third-order valence-corrected chi connectivity index (χ3v) is 4.81. The molecule has 5 heteroatoms. The Bertz CT molecular complexity index is 301. The van der Waals surface area contributed by atoms with Gasteiger partial charge in [-0.2, -0.15) is 0 Å². The summed E-state index contributed by atoms with van der Waals surface area (Å²) in [5.41, 5.74) is 0. The van der Waals surface area contributed by atoms with Gasteiger partial charge in [-0.25, -0.2) is 0 Å². The fourth-order valence-corrected chi connectivity index (χ4v) is 3.16. The van der Waals surface area contributed by atoms with E-state index < -0.39 is 0 Å². The lowest BCUT2D eigenvalue weighted by Crippen LogP contribution is -2.34. The van der Waals surface area contributed by atoms with E-state index in [0.29, 0.717) is 6.10 Å². The molecular weight excluding hydrogens is 408 g/mol. The third-order valence-electron chi connectivity index (χ3n) is 4.55. The normalized spacial score (nSPS) is 16.8. The highest BCUT2D eigenvalue weighted by Crippen LogP contribution is 2.17. The fraction of sp³-hybridized carbons (Fsp3) is 0.923. The van der Waals surface area contributed by atoms with Crippen molar-refractivity contribution in [2.75, 3.05) is 59.9 Å². The summed E-state index contributed by atoms with van der Waals surface area (Å²) in [7, 11) is 5.42. The van der Waals surface area contributed by atoms with Crippen molar-refractivity contribution in [3.05, 3.63) is 12.7 Å². The van der Waals surface area contributed by atoms with E-state index in [1.807, 2.05) is 6.08 Å². The van der Waals surface area contributed by atoms with Gasteiger partial charge in [0.2, 0.25) is 0 Å². The van der Waals surface area contributed by atoms with Crippen molar-refractivity contribution in [3.63, 3.8) is 0 Å². The predicted molar refractivity (Wildman–Crippen MR) is 142 cm³/mol. The number of methoxy groups -OCH3 is 1. The number of nitrogens with one attached hydrogen (secondary N) is 1. The molecule has 2 aliphatic rings. The summed E-state index contributed by atoms with van der Waals surface area (Å²) in [6, 6.07) is 0. The highest BCUT2D eigenvalue weighted by atomic mass is 35.5. The second-order valence-corrected chi connectivity index (χ2v) is 8.68. The van der Waals surface area contributed by atoms with E-state index in [1.165, 1.54) is 77.5 Å². The van der Waals surface area contributed by atoms with Crippen molar-refractivity contribution >= 4 is 11.6 Å². The van der Waals surface area contributed by atoms with Gasteiger partial charge in [-0.1, -0.05) is 46.6 Å². The van der Waals surface area contributed by atoms with Crippen molar-refractivity contribution in [3.8, 4) is 0 Å². The molecule has 0 aromatic rings. The van der Waals surface area contributed by atoms with Crippen LogP contribution in [0.4, 0.5) is 0 Å². The van der Waals surface area contributed by atoms with Crippen LogP contribution in [0.2, 0.25) is 0 Å². The lowest BCUT2D eigenvalue weighted by Gasteiger charge is -2.28. The number of alkyl halides is 1. The van der Waals surface area contributed by atoms with E-state index in [9.17, 15) is 0 Å². The van der Waals surface area contributed by atoms with Crippen LogP contribution in [0.15, 0.2) is 12.7 Å². The van der Waals surface area contributed by atoms with E-state index in [4.69, 9.17) is 16.3 Å². The van der Waals surface area contributed by atoms with Crippen LogP contribution in [0, 0.1) is 5.92 Å². The molecule has 2 heterocycles. The minimum absolute atomic E-state index is 0.501. The Morgan fingerprint density at radius 3 is 1.90 bits per heavy atom. The van der Waals surface area contributed by atoms with Crippen molar-refractivity contribution in [1.82, 2.24) is 10.2 Å². The Kier molecular flexibility index (Phi) is 36.7. The molecule has 0 bridgehead atoms. The average Bonchev–Trinajstić information content (AvgIpc) is 2.77. The molecule has 2 saturated heterocycles. The molecule has 0 unspecified atom stereocenters. The van der Waals surface area contributed by atoms with Gasteiger partial charge in [0.25, 0.3) is 0 Å². The summed E-state index contributed by atoms with van der Waals surface area (Å²) < 4.78 is 9.92. The van der Waals surface area contributed by atoms with E-state index in [0.717, 1.165) is 24.8 Å². The molecule has 31 heavy (non-hydrogen) atoms. The molecule has 2 rings (SSSR count). The van der Waals surface area contributed by atoms with Crippen LogP contribution in [0.25, 0.3) is 0 Å². The topological polar surface area (TPSA) is 33.7 Å². The first kappa shape index (κ1) is 35.5. The van der Waals surface area contributed by atoms with E-state index in [1.54, 1.807) is 14.2 Å². The molecule has 0 saturated carbocycles. The Labute approximate surface area is 201 Å². The molecule has 2 fully saturated rings. The summed E-state index contributed by atoms with van der Waals surface area (Å²) in [6.07, 6.45) is 13.5. The first-order chi connectivity index (χ1) is 15.0.